The van der Waals surface area contributed by atoms with Crippen molar-refractivity contribution in [3.63, 3.8) is 0 Å². The van der Waals surface area contributed by atoms with Crippen molar-refractivity contribution >= 4 is 5.65 Å². The van der Waals surface area contributed by atoms with Gasteiger partial charge in [0.15, 0.2) is 5.65 Å². The third-order valence-corrected chi connectivity index (χ3v) is 3.97. The molecule has 2 heterocycles. The Balaban J connectivity index is 1.81. The van der Waals surface area contributed by atoms with Gasteiger partial charge in [0.25, 0.3) is 0 Å². The van der Waals surface area contributed by atoms with Crippen LogP contribution in [0, 0.1) is 0 Å². The fraction of sp³-hybridized carbons (Fsp3) is 0.250. The number of nitrogens with two attached hydrogens (primary N) is 1. The SMILES string of the molecule is NCc1cn2nc(-c3ccc4c(c3)CCC4)ccc2n1. The predicted octanol–water partition coefficient (Wildman–Crippen LogP) is 2.34. The zero-order valence-corrected chi connectivity index (χ0v) is 11.2. The standard InChI is InChI=1S/C16H16N4/c17-9-14-10-20-16(18-14)7-6-15(19-20)13-5-4-11-2-1-3-12(11)8-13/h4-8,10H,1-3,9,17H2. The molecule has 0 unspecified atom stereocenters. The molecule has 0 spiro atoms. The summed E-state index contributed by atoms with van der Waals surface area (Å²) in [6, 6.07) is 10.7. The van der Waals surface area contributed by atoms with Crippen LogP contribution >= 0.6 is 0 Å². The molecule has 4 rings (SSSR count). The fourth-order valence-electron chi connectivity index (χ4n) is 2.91. The molecule has 0 saturated carbocycles. The highest BCUT2D eigenvalue weighted by atomic mass is 15.2. The topological polar surface area (TPSA) is 56.2 Å². The van der Waals surface area contributed by atoms with Gasteiger partial charge in [-0.2, -0.15) is 5.10 Å². The van der Waals surface area contributed by atoms with E-state index < -0.39 is 0 Å². The van der Waals surface area contributed by atoms with Gasteiger partial charge in [0.05, 0.1) is 17.6 Å². The van der Waals surface area contributed by atoms with Crippen molar-refractivity contribution in [3.05, 3.63) is 53.3 Å². The largest absolute Gasteiger partial charge is 0.325 e. The number of nitrogens with zero attached hydrogens (tertiary/aromatic N) is 3. The summed E-state index contributed by atoms with van der Waals surface area (Å²) in [6.07, 6.45) is 5.57. The molecular weight excluding hydrogens is 248 g/mol. The summed E-state index contributed by atoms with van der Waals surface area (Å²) in [5.41, 5.74) is 12.4. The number of benzene rings is 1. The Morgan fingerprint density at radius 2 is 2.00 bits per heavy atom. The number of aryl methyl sites for hydroxylation is 2. The van der Waals surface area contributed by atoms with Crippen LogP contribution in [0.1, 0.15) is 23.2 Å². The Bertz CT molecular complexity index is 788. The molecule has 100 valence electrons. The first-order chi connectivity index (χ1) is 9.83. The van der Waals surface area contributed by atoms with Crippen LogP contribution in [0.25, 0.3) is 16.9 Å². The van der Waals surface area contributed by atoms with Crippen molar-refractivity contribution in [2.45, 2.75) is 25.8 Å². The monoisotopic (exact) mass is 264 g/mol. The molecule has 0 atom stereocenters. The third-order valence-electron chi connectivity index (χ3n) is 3.97. The predicted molar refractivity (Wildman–Crippen MR) is 78.3 cm³/mol. The van der Waals surface area contributed by atoms with E-state index in [4.69, 9.17) is 5.73 Å². The summed E-state index contributed by atoms with van der Waals surface area (Å²) < 4.78 is 1.81. The van der Waals surface area contributed by atoms with E-state index in [1.54, 1.807) is 0 Å². The van der Waals surface area contributed by atoms with Crippen LogP contribution in [0.3, 0.4) is 0 Å². The van der Waals surface area contributed by atoms with Crippen LogP contribution in [0.4, 0.5) is 0 Å². The molecule has 3 aromatic rings. The maximum atomic E-state index is 5.62. The average Bonchev–Trinajstić information content (AvgIpc) is 3.11. The number of fused-ring (bicyclic) bond motifs is 2. The Morgan fingerprint density at radius 3 is 2.90 bits per heavy atom. The van der Waals surface area contributed by atoms with Crippen LogP contribution in [0.2, 0.25) is 0 Å². The molecule has 0 radical (unpaired) electrons. The number of rotatable bonds is 2. The second kappa shape index (κ2) is 4.42. The molecule has 0 fully saturated rings. The van der Waals surface area contributed by atoms with E-state index in [-0.39, 0.29) is 0 Å². The van der Waals surface area contributed by atoms with Crippen molar-refractivity contribution in [1.29, 1.82) is 0 Å². The lowest BCUT2D eigenvalue weighted by molar-refractivity contribution is 0.911. The molecular formula is C16H16N4. The van der Waals surface area contributed by atoms with Crippen LogP contribution in [-0.2, 0) is 19.4 Å². The first-order valence-corrected chi connectivity index (χ1v) is 7.01. The van der Waals surface area contributed by atoms with Gasteiger partial charge in [0, 0.05) is 12.1 Å². The van der Waals surface area contributed by atoms with Gasteiger partial charge in [-0.1, -0.05) is 12.1 Å². The van der Waals surface area contributed by atoms with Gasteiger partial charge in [-0.25, -0.2) is 9.50 Å². The van der Waals surface area contributed by atoms with E-state index in [0.717, 1.165) is 17.0 Å². The maximum absolute atomic E-state index is 5.62. The minimum absolute atomic E-state index is 0.442. The second-order valence-electron chi connectivity index (χ2n) is 5.29. The highest BCUT2D eigenvalue weighted by Crippen LogP contribution is 2.27. The van der Waals surface area contributed by atoms with Crippen molar-refractivity contribution in [2.24, 2.45) is 5.73 Å². The van der Waals surface area contributed by atoms with E-state index in [1.807, 2.05) is 22.8 Å². The number of hydrogen-bond donors (Lipinski definition) is 1. The normalized spacial score (nSPS) is 13.8. The lowest BCUT2D eigenvalue weighted by Crippen LogP contribution is -1.95. The lowest BCUT2D eigenvalue weighted by atomic mass is 10.0. The fourth-order valence-corrected chi connectivity index (χ4v) is 2.91. The molecule has 2 N–H and O–H groups in total. The number of aromatic nitrogens is 3. The minimum Gasteiger partial charge on any atom is -0.325 e. The van der Waals surface area contributed by atoms with E-state index in [2.05, 4.69) is 28.3 Å². The van der Waals surface area contributed by atoms with Gasteiger partial charge >= 0.3 is 0 Å². The molecule has 4 heteroatoms. The summed E-state index contributed by atoms with van der Waals surface area (Å²) >= 11 is 0. The van der Waals surface area contributed by atoms with E-state index >= 15 is 0 Å². The van der Waals surface area contributed by atoms with Crippen LogP contribution in [-0.4, -0.2) is 14.6 Å². The molecule has 0 amide bonds. The molecule has 1 aromatic carbocycles. The van der Waals surface area contributed by atoms with Gasteiger partial charge in [-0.05, 0) is 48.6 Å². The second-order valence-corrected chi connectivity index (χ2v) is 5.29. The first-order valence-electron chi connectivity index (χ1n) is 7.01. The summed E-state index contributed by atoms with van der Waals surface area (Å²) in [6.45, 7) is 0.442. The van der Waals surface area contributed by atoms with Crippen molar-refractivity contribution in [3.8, 4) is 11.3 Å². The molecule has 0 saturated heterocycles. The van der Waals surface area contributed by atoms with Gasteiger partial charge in [-0.15, -0.1) is 0 Å². The molecule has 1 aliphatic rings. The van der Waals surface area contributed by atoms with Crippen LogP contribution in [0.5, 0.6) is 0 Å². The van der Waals surface area contributed by atoms with E-state index in [0.29, 0.717) is 6.54 Å². The van der Waals surface area contributed by atoms with Gasteiger partial charge in [-0.3, -0.25) is 0 Å². The van der Waals surface area contributed by atoms with Crippen LogP contribution < -0.4 is 5.73 Å². The summed E-state index contributed by atoms with van der Waals surface area (Å²) in [5, 5.41) is 4.64. The highest BCUT2D eigenvalue weighted by molar-refractivity contribution is 5.62. The molecule has 0 bridgehead atoms. The molecule has 1 aliphatic carbocycles. The molecule has 4 nitrogen and oxygen atoms in total. The van der Waals surface area contributed by atoms with Gasteiger partial charge < -0.3 is 5.73 Å². The zero-order chi connectivity index (χ0) is 13.5. The molecule has 2 aromatic heterocycles. The molecule has 20 heavy (non-hydrogen) atoms. The quantitative estimate of drug-likeness (QED) is 0.773. The van der Waals surface area contributed by atoms with Crippen LogP contribution in [0.15, 0.2) is 36.5 Å². The van der Waals surface area contributed by atoms with Gasteiger partial charge in [0.2, 0.25) is 0 Å². The lowest BCUT2D eigenvalue weighted by Gasteiger charge is -2.05. The van der Waals surface area contributed by atoms with Crippen molar-refractivity contribution < 1.29 is 0 Å². The first kappa shape index (κ1) is 11.6. The summed E-state index contributed by atoms with van der Waals surface area (Å²) in [5.74, 6) is 0. The summed E-state index contributed by atoms with van der Waals surface area (Å²) in [4.78, 5) is 4.40. The van der Waals surface area contributed by atoms with Crippen molar-refractivity contribution in [1.82, 2.24) is 14.6 Å². The minimum atomic E-state index is 0.442. The van der Waals surface area contributed by atoms with E-state index in [9.17, 15) is 0 Å². The number of hydrogen-bond acceptors (Lipinski definition) is 3. The third kappa shape index (κ3) is 1.80. The molecule has 0 aliphatic heterocycles. The Morgan fingerprint density at radius 1 is 1.10 bits per heavy atom. The average molecular weight is 264 g/mol. The number of imidazole rings is 1. The van der Waals surface area contributed by atoms with Crippen molar-refractivity contribution in [2.75, 3.05) is 0 Å². The maximum Gasteiger partial charge on any atom is 0.153 e. The van der Waals surface area contributed by atoms with Gasteiger partial charge in [0.1, 0.15) is 0 Å². The Hall–Kier alpha value is -2.20. The smallest absolute Gasteiger partial charge is 0.153 e. The summed E-state index contributed by atoms with van der Waals surface area (Å²) in [7, 11) is 0. The Labute approximate surface area is 117 Å². The van der Waals surface area contributed by atoms with E-state index in [1.165, 1.54) is 36.0 Å². The Kier molecular flexibility index (Phi) is 2.57. The zero-order valence-electron chi connectivity index (χ0n) is 11.2. The highest BCUT2D eigenvalue weighted by Gasteiger charge is 2.12.